The van der Waals surface area contributed by atoms with Crippen molar-refractivity contribution in [1.82, 2.24) is 10.3 Å². The normalized spacial score (nSPS) is 27.9. The van der Waals surface area contributed by atoms with Gasteiger partial charge in [0.05, 0.1) is 12.7 Å². The van der Waals surface area contributed by atoms with Gasteiger partial charge in [-0.1, -0.05) is 6.92 Å². The Bertz CT molecular complexity index is 341. The van der Waals surface area contributed by atoms with E-state index in [-0.39, 0.29) is 0 Å². The van der Waals surface area contributed by atoms with Gasteiger partial charge in [-0.2, -0.15) is 0 Å². The average Bonchev–Trinajstić information content (AvgIpc) is 2.78. The molecule has 1 N–H and O–H groups in total. The molecule has 3 nitrogen and oxygen atoms in total. The molecule has 0 spiro atoms. The van der Waals surface area contributed by atoms with E-state index in [1.807, 2.05) is 19.4 Å². The van der Waals surface area contributed by atoms with Crippen molar-refractivity contribution >= 4 is 0 Å². The van der Waals surface area contributed by atoms with E-state index in [4.69, 9.17) is 4.74 Å². The first-order valence-electron chi connectivity index (χ1n) is 6.41. The molecule has 1 aliphatic heterocycles. The van der Waals surface area contributed by atoms with Crippen molar-refractivity contribution in [3.8, 4) is 0 Å². The molecule has 2 heterocycles. The fourth-order valence-electron chi connectivity index (χ4n) is 2.87. The number of nitrogens with zero attached hydrogens (tertiary/aromatic N) is 1. The van der Waals surface area contributed by atoms with Gasteiger partial charge < -0.3 is 10.1 Å². The van der Waals surface area contributed by atoms with Crippen LogP contribution in [0.25, 0.3) is 0 Å². The van der Waals surface area contributed by atoms with E-state index in [0.29, 0.717) is 24.0 Å². The zero-order valence-electron chi connectivity index (χ0n) is 10.9. The van der Waals surface area contributed by atoms with Crippen molar-refractivity contribution in [2.75, 3.05) is 13.7 Å². The Balaban J connectivity index is 2.08. The van der Waals surface area contributed by atoms with Crippen LogP contribution in [-0.4, -0.2) is 30.8 Å². The molecule has 4 atom stereocenters. The number of nitrogens with one attached hydrogen (secondary N) is 1. The van der Waals surface area contributed by atoms with Gasteiger partial charge in [0.1, 0.15) is 0 Å². The highest BCUT2D eigenvalue weighted by molar-refractivity contribution is 5.17. The van der Waals surface area contributed by atoms with Crippen LogP contribution in [-0.2, 0) is 4.74 Å². The lowest BCUT2D eigenvalue weighted by molar-refractivity contribution is 0.116. The maximum absolute atomic E-state index is 5.68. The third-order valence-electron chi connectivity index (χ3n) is 3.84. The minimum atomic E-state index is 0.403. The zero-order chi connectivity index (χ0) is 12.3. The van der Waals surface area contributed by atoms with Crippen LogP contribution in [0.5, 0.6) is 0 Å². The van der Waals surface area contributed by atoms with Crippen molar-refractivity contribution in [1.29, 1.82) is 0 Å². The third-order valence-corrected chi connectivity index (χ3v) is 3.84. The van der Waals surface area contributed by atoms with Crippen molar-refractivity contribution in [2.24, 2.45) is 5.92 Å². The van der Waals surface area contributed by atoms with Gasteiger partial charge in [0.15, 0.2) is 0 Å². The number of aromatic nitrogens is 1. The Morgan fingerprint density at radius 2 is 2.12 bits per heavy atom. The molecule has 0 saturated carbocycles. The van der Waals surface area contributed by atoms with Crippen LogP contribution in [0.1, 0.15) is 31.7 Å². The van der Waals surface area contributed by atoms with Gasteiger partial charge in [0, 0.05) is 24.4 Å². The number of likely N-dealkylation sites (N-methyl/N-ethyl adjacent to an activating group) is 1. The summed E-state index contributed by atoms with van der Waals surface area (Å²) in [6.45, 7) is 5.31. The van der Waals surface area contributed by atoms with Crippen molar-refractivity contribution in [3.63, 3.8) is 0 Å². The van der Waals surface area contributed by atoms with E-state index in [1.165, 1.54) is 5.56 Å². The first-order valence-corrected chi connectivity index (χ1v) is 6.41. The lowest BCUT2D eigenvalue weighted by Crippen LogP contribution is -2.38. The van der Waals surface area contributed by atoms with Crippen LogP contribution in [0.2, 0.25) is 0 Å². The summed E-state index contributed by atoms with van der Waals surface area (Å²) in [5.74, 6) is 1.10. The number of rotatable bonds is 4. The van der Waals surface area contributed by atoms with Crippen molar-refractivity contribution in [2.45, 2.75) is 38.3 Å². The van der Waals surface area contributed by atoms with E-state index < -0.39 is 0 Å². The standard InChI is InChI=1S/C14H22N2O/c1-10-8-13(9-17-10)14(15-3)11(2)12-4-6-16-7-5-12/h4-7,10-11,13-15H,8-9H2,1-3H3. The number of hydrogen-bond donors (Lipinski definition) is 1. The highest BCUT2D eigenvalue weighted by Gasteiger charge is 2.32. The monoisotopic (exact) mass is 234 g/mol. The topological polar surface area (TPSA) is 34.1 Å². The van der Waals surface area contributed by atoms with Crippen LogP contribution in [0, 0.1) is 5.92 Å². The number of ether oxygens (including phenoxy) is 1. The molecule has 4 unspecified atom stereocenters. The molecule has 1 aliphatic rings. The smallest absolute Gasteiger partial charge is 0.0551 e. The number of hydrogen-bond acceptors (Lipinski definition) is 3. The molecule has 3 heteroatoms. The van der Waals surface area contributed by atoms with E-state index in [1.54, 1.807) is 0 Å². The van der Waals surface area contributed by atoms with Gasteiger partial charge in [-0.15, -0.1) is 0 Å². The summed E-state index contributed by atoms with van der Waals surface area (Å²) in [6.07, 6.45) is 5.29. The molecular weight excluding hydrogens is 212 g/mol. The second-order valence-corrected chi connectivity index (χ2v) is 5.02. The molecule has 1 aromatic rings. The maximum atomic E-state index is 5.68. The van der Waals surface area contributed by atoms with Gasteiger partial charge in [0.2, 0.25) is 0 Å². The first-order chi connectivity index (χ1) is 8.22. The molecule has 94 valence electrons. The Kier molecular flexibility index (Phi) is 4.13. The molecule has 2 rings (SSSR count). The molecule has 1 aromatic heterocycles. The third kappa shape index (κ3) is 2.85. The lowest BCUT2D eigenvalue weighted by atomic mass is 9.84. The molecule has 0 amide bonds. The highest BCUT2D eigenvalue weighted by atomic mass is 16.5. The molecule has 0 bridgehead atoms. The van der Waals surface area contributed by atoms with Crippen molar-refractivity contribution in [3.05, 3.63) is 30.1 Å². The fraction of sp³-hybridized carbons (Fsp3) is 0.643. The van der Waals surface area contributed by atoms with Crippen LogP contribution >= 0.6 is 0 Å². The van der Waals surface area contributed by atoms with E-state index in [0.717, 1.165) is 13.0 Å². The average molecular weight is 234 g/mol. The summed E-state index contributed by atoms with van der Waals surface area (Å²) < 4.78 is 5.68. The summed E-state index contributed by atoms with van der Waals surface area (Å²) in [4.78, 5) is 4.08. The number of pyridine rings is 1. The summed E-state index contributed by atoms with van der Waals surface area (Å²) in [6, 6.07) is 4.69. The molecule has 17 heavy (non-hydrogen) atoms. The van der Waals surface area contributed by atoms with Crippen molar-refractivity contribution < 1.29 is 4.74 Å². The maximum Gasteiger partial charge on any atom is 0.0551 e. The van der Waals surface area contributed by atoms with Crippen LogP contribution in [0.15, 0.2) is 24.5 Å². The molecule has 0 radical (unpaired) electrons. The van der Waals surface area contributed by atoms with Crippen LogP contribution in [0.4, 0.5) is 0 Å². The fourth-order valence-corrected chi connectivity index (χ4v) is 2.87. The minimum Gasteiger partial charge on any atom is -0.378 e. The van der Waals surface area contributed by atoms with E-state index in [9.17, 15) is 0 Å². The largest absolute Gasteiger partial charge is 0.378 e. The van der Waals surface area contributed by atoms with E-state index in [2.05, 4.69) is 36.3 Å². The Hall–Kier alpha value is -0.930. The zero-order valence-corrected chi connectivity index (χ0v) is 10.9. The Morgan fingerprint density at radius 1 is 1.41 bits per heavy atom. The van der Waals surface area contributed by atoms with Gasteiger partial charge in [-0.05, 0) is 44.0 Å². The van der Waals surface area contributed by atoms with Crippen LogP contribution < -0.4 is 5.32 Å². The van der Waals surface area contributed by atoms with Crippen LogP contribution in [0.3, 0.4) is 0 Å². The highest BCUT2D eigenvalue weighted by Crippen LogP contribution is 2.30. The predicted molar refractivity (Wildman–Crippen MR) is 69.0 cm³/mol. The molecular formula is C14H22N2O. The predicted octanol–water partition coefficient (Wildman–Crippen LogP) is 2.20. The first kappa shape index (κ1) is 12.5. The Morgan fingerprint density at radius 3 is 2.65 bits per heavy atom. The van der Waals surface area contributed by atoms with Gasteiger partial charge >= 0.3 is 0 Å². The molecule has 0 aliphatic carbocycles. The SMILES string of the molecule is CNC(C1COC(C)C1)C(C)c1ccncc1. The van der Waals surface area contributed by atoms with E-state index >= 15 is 0 Å². The summed E-state index contributed by atoms with van der Waals surface area (Å²) in [5.41, 5.74) is 1.35. The van der Waals surface area contributed by atoms with Gasteiger partial charge in [-0.3, -0.25) is 4.98 Å². The summed E-state index contributed by atoms with van der Waals surface area (Å²) >= 11 is 0. The van der Waals surface area contributed by atoms with Gasteiger partial charge in [0.25, 0.3) is 0 Å². The minimum absolute atomic E-state index is 0.403. The second kappa shape index (κ2) is 5.61. The Labute approximate surface area is 104 Å². The second-order valence-electron chi connectivity index (χ2n) is 5.02. The molecule has 0 aromatic carbocycles. The molecule has 1 saturated heterocycles. The quantitative estimate of drug-likeness (QED) is 0.867. The summed E-state index contributed by atoms with van der Waals surface area (Å²) in [5, 5.41) is 3.46. The molecule has 1 fully saturated rings. The summed E-state index contributed by atoms with van der Waals surface area (Å²) in [7, 11) is 2.05. The van der Waals surface area contributed by atoms with Gasteiger partial charge in [-0.25, -0.2) is 0 Å². The lowest BCUT2D eigenvalue weighted by Gasteiger charge is -2.28.